The highest BCUT2D eigenvalue weighted by atomic mass is 16.4. The molecule has 122 valence electrons. The lowest BCUT2D eigenvalue weighted by Gasteiger charge is -2.28. The molecule has 0 saturated carbocycles. The van der Waals surface area contributed by atoms with Gasteiger partial charge in [-0.25, -0.2) is 0 Å². The Balaban J connectivity index is 1.81. The lowest BCUT2D eigenvalue weighted by atomic mass is 10.0. The van der Waals surface area contributed by atoms with Crippen molar-refractivity contribution in [2.45, 2.75) is 52.0 Å². The zero-order chi connectivity index (χ0) is 16.2. The maximum absolute atomic E-state index is 12.9. The van der Waals surface area contributed by atoms with Gasteiger partial charge in [0.15, 0.2) is 0 Å². The van der Waals surface area contributed by atoms with Crippen LogP contribution in [-0.2, 0) is 11.2 Å². The van der Waals surface area contributed by atoms with E-state index in [9.17, 15) is 4.79 Å². The van der Waals surface area contributed by atoms with Gasteiger partial charge in [-0.2, -0.15) is 0 Å². The number of carbonyl (C=O) groups is 1. The molecule has 23 heavy (non-hydrogen) atoms. The fraction of sp³-hybridized carbons (Fsp3) is 0.500. The summed E-state index contributed by atoms with van der Waals surface area (Å²) in [6.45, 7) is 4.59. The van der Waals surface area contributed by atoms with Crippen LogP contribution in [0, 0.1) is 13.8 Å². The second kappa shape index (κ2) is 6.94. The maximum atomic E-state index is 12.9. The van der Waals surface area contributed by atoms with E-state index >= 15 is 0 Å². The molecule has 3 rings (SSSR count). The largest absolute Gasteiger partial charge is 0.423 e. The normalized spacial score (nSPS) is 18.7. The highest BCUT2D eigenvalue weighted by molar-refractivity contribution is 5.79. The van der Waals surface area contributed by atoms with Crippen LogP contribution in [0.2, 0.25) is 0 Å². The Morgan fingerprint density at radius 1 is 1.22 bits per heavy atom. The highest BCUT2D eigenvalue weighted by Gasteiger charge is 2.30. The molecule has 5 heteroatoms. The van der Waals surface area contributed by atoms with Gasteiger partial charge in [-0.05, 0) is 30.9 Å². The van der Waals surface area contributed by atoms with Gasteiger partial charge in [0.25, 0.3) is 0 Å². The number of hydrogen-bond donors (Lipinski definition) is 0. The van der Waals surface area contributed by atoms with Crippen molar-refractivity contribution in [1.82, 2.24) is 15.1 Å². The van der Waals surface area contributed by atoms with Crippen LogP contribution < -0.4 is 0 Å². The van der Waals surface area contributed by atoms with Crippen LogP contribution in [-0.4, -0.2) is 27.5 Å². The van der Waals surface area contributed by atoms with Gasteiger partial charge in [0.05, 0.1) is 6.42 Å². The Kier molecular flexibility index (Phi) is 4.74. The molecule has 0 spiro atoms. The third kappa shape index (κ3) is 3.60. The molecule has 5 nitrogen and oxygen atoms in total. The first-order valence-corrected chi connectivity index (χ1v) is 8.29. The predicted octanol–water partition coefficient (Wildman–Crippen LogP) is 3.37. The van der Waals surface area contributed by atoms with Crippen molar-refractivity contribution in [3.05, 3.63) is 47.2 Å². The van der Waals surface area contributed by atoms with Crippen LogP contribution in [0.5, 0.6) is 0 Å². The zero-order valence-electron chi connectivity index (χ0n) is 13.8. The Morgan fingerprint density at radius 2 is 2.04 bits per heavy atom. The summed E-state index contributed by atoms with van der Waals surface area (Å²) in [7, 11) is 0. The molecule has 0 aliphatic carbocycles. The number of carbonyl (C=O) groups excluding carboxylic acids is 1. The Bertz CT molecular complexity index is 680. The lowest BCUT2D eigenvalue weighted by molar-refractivity contribution is -0.133. The second-order valence-corrected chi connectivity index (χ2v) is 6.21. The molecule has 2 aromatic rings. The number of amides is 1. The van der Waals surface area contributed by atoms with Crippen molar-refractivity contribution >= 4 is 5.91 Å². The summed E-state index contributed by atoms with van der Waals surface area (Å²) >= 11 is 0. The number of aryl methyl sites for hydroxylation is 2. The summed E-state index contributed by atoms with van der Waals surface area (Å²) in [6.07, 6.45) is 4.57. The number of nitrogens with zero attached hydrogens (tertiary/aromatic N) is 3. The van der Waals surface area contributed by atoms with Crippen LogP contribution in [0.25, 0.3) is 0 Å². The summed E-state index contributed by atoms with van der Waals surface area (Å²) in [5, 5.41) is 8.09. The molecule has 1 aromatic heterocycles. The fourth-order valence-electron chi connectivity index (χ4n) is 3.18. The van der Waals surface area contributed by atoms with Gasteiger partial charge in [-0.15, -0.1) is 10.2 Å². The van der Waals surface area contributed by atoms with E-state index in [1.807, 2.05) is 36.1 Å². The molecular weight excluding hydrogens is 290 g/mol. The SMILES string of the molecule is Cc1nnc(C2CCCCCN2C(=O)Cc2ccccc2C)o1. The van der Waals surface area contributed by atoms with Crippen LogP contribution in [0.15, 0.2) is 28.7 Å². The Morgan fingerprint density at radius 3 is 2.78 bits per heavy atom. The van der Waals surface area contributed by atoms with Gasteiger partial charge in [-0.3, -0.25) is 4.79 Å². The van der Waals surface area contributed by atoms with E-state index < -0.39 is 0 Å². The number of benzene rings is 1. The Labute approximate surface area is 136 Å². The van der Waals surface area contributed by atoms with Crippen molar-refractivity contribution in [2.24, 2.45) is 0 Å². The number of hydrogen-bond acceptors (Lipinski definition) is 4. The van der Waals surface area contributed by atoms with Crippen LogP contribution in [0.1, 0.15) is 54.6 Å². The van der Waals surface area contributed by atoms with Gasteiger partial charge >= 0.3 is 0 Å². The van der Waals surface area contributed by atoms with E-state index in [-0.39, 0.29) is 11.9 Å². The van der Waals surface area contributed by atoms with Gasteiger partial charge in [0, 0.05) is 13.5 Å². The molecule has 1 unspecified atom stereocenters. The first-order valence-electron chi connectivity index (χ1n) is 8.29. The van der Waals surface area contributed by atoms with Crippen molar-refractivity contribution in [3.63, 3.8) is 0 Å². The Hall–Kier alpha value is -2.17. The molecule has 0 radical (unpaired) electrons. The molecule has 0 N–H and O–H groups in total. The minimum absolute atomic E-state index is 0.0878. The topological polar surface area (TPSA) is 59.2 Å². The van der Waals surface area contributed by atoms with Crippen molar-refractivity contribution in [1.29, 1.82) is 0 Å². The molecule has 1 fully saturated rings. The van der Waals surface area contributed by atoms with Crippen LogP contribution in [0.3, 0.4) is 0 Å². The summed E-state index contributed by atoms with van der Waals surface area (Å²) in [6, 6.07) is 7.96. The fourth-order valence-corrected chi connectivity index (χ4v) is 3.18. The summed E-state index contributed by atoms with van der Waals surface area (Å²) in [4.78, 5) is 14.8. The summed E-state index contributed by atoms with van der Waals surface area (Å²) in [5.74, 6) is 1.26. The van der Waals surface area contributed by atoms with Crippen molar-refractivity contribution in [3.8, 4) is 0 Å². The zero-order valence-corrected chi connectivity index (χ0v) is 13.8. The van der Waals surface area contributed by atoms with Gasteiger partial charge in [0.1, 0.15) is 6.04 Å². The monoisotopic (exact) mass is 313 g/mol. The second-order valence-electron chi connectivity index (χ2n) is 6.21. The summed E-state index contributed by atoms with van der Waals surface area (Å²) < 4.78 is 5.62. The van der Waals surface area contributed by atoms with E-state index in [1.165, 1.54) is 0 Å². The molecule has 1 atom stereocenters. The van der Waals surface area contributed by atoms with E-state index in [0.29, 0.717) is 18.2 Å². The van der Waals surface area contributed by atoms with E-state index in [2.05, 4.69) is 10.2 Å². The molecular formula is C18H23N3O2. The molecule has 1 amide bonds. The molecule has 0 bridgehead atoms. The molecule has 1 saturated heterocycles. The lowest BCUT2D eigenvalue weighted by Crippen LogP contribution is -2.36. The quantitative estimate of drug-likeness (QED) is 0.871. The van der Waals surface area contributed by atoms with Gasteiger partial charge in [-0.1, -0.05) is 37.1 Å². The third-order valence-corrected chi connectivity index (χ3v) is 4.50. The molecule has 1 aliphatic heterocycles. The maximum Gasteiger partial charge on any atom is 0.238 e. The van der Waals surface area contributed by atoms with E-state index in [0.717, 1.165) is 43.4 Å². The third-order valence-electron chi connectivity index (χ3n) is 4.50. The van der Waals surface area contributed by atoms with E-state index in [4.69, 9.17) is 4.42 Å². The van der Waals surface area contributed by atoms with Gasteiger partial charge < -0.3 is 9.32 Å². The smallest absolute Gasteiger partial charge is 0.238 e. The number of aromatic nitrogens is 2. The van der Waals surface area contributed by atoms with Gasteiger partial charge in [0.2, 0.25) is 17.7 Å². The molecule has 1 aliphatic rings. The standard InChI is InChI=1S/C18H23N3O2/c1-13-8-5-6-9-15(13)12-17(22)21-11-7-3-4-10-16(21)18-20-19-14(2)23-18/h5-6,8-9,16H,3-4,7,10-12H2,1-2H3. The van der Waals surface area contributed by atoms with Crippen LogP contribution >= 0.6 is 0 Å². The first-order chi connectivity index (χ1) is 11.1. The number of rotatable bonds is 3. The summed E-state index contributed by atoms with van der Waals surface area (Å²) in [5.41, 5.74) is 2.24. The van der Waals surface area contributed by atoms with Crippen molar-refractivity contribution < 1.29 is 9.21 Å². The van der Waals surface area contributed by atoms with Crippen molar-refractivity contribution in [2.75, 3.05) is 6.54 Å². The first kappa shape index (κ1) is 15.7. The predicted molar refractivity (Wildman–Crippen MR) is 86.8 cm³/mol. The highest BCUT2D eigenvalue weighted by Crippen LogP contribution is 2.30. The average Bonchev–Trinajstić information content (AvgIpc) is 2.82. The molecule has 1 aromatic carbocycles. The molecule has 2 heterocycles. The minimum Gasteiger partial charge on any atom is -0.423 e. The number of likely N-dealkylation sites (tertiary alicyclic amines) is 1. The van der Waals surface area contributed by atoms with Crippen LogP contribution in [0.4, 0.5) is 0 Å². The minimum atomic E-state index is -0.0878. The van der Waals surface area contributed by atoms with E-state index in [1.54, 1.807) is 6.92 Å². The average molecular weight is 313 g/mol.